The lowest BCUT2D eigenvalue weighted by atomic mass is 9.94. The number of tetrazole rings is 1. The van der Waals surface area contributed by atoms with E-state index in [0.717, 1.165) is 35.5 Å². The number of aryl methyl sites for hydroxylation is 2. The summed E-state index contributed by atoms with van der Waals surface area (Å²) in [6.45, 7) is 2.02. The summed E-state index contributed by atoms with van der Waals surface area (Å²) >= 11 is 0. The number of Topliss-reactive ketones (excluding diaryl/α,β-unsaturated/α-hetero) is 1. The van der Waals surface area contributed by atoms with Crippen LogP contribution in [0, 0.1) is 6.92 Å². The third-order valence-corrected chi connectivity index (χ3v) is 5.41. The molecule has 1 amide bonds. The van der Waals surface area contributed by atoms with Gasteiger partial charge in [0, 0.05) is 18.4 Å². The molecule has 1 aliphatic rings. The summed E-state index contributed by atoms with van der Waals surface area (Å²) in [6.07, 6.45) is 2.57. The summed E-state index contributed by atoms with van der Waals surface area (Å²) in [5.74, 6) is 1.19. The van der Waals surface area contributed by atoms with Crippen molar-refractivity contribution in [1.29, 1.82) is 0 Å². The number of ether oxygens (including phenoxy) is 1. The average molecular weight is 420 g/mol. The van der Waals surface area contributed by atoms with E-state index >= 15 is 0 Å². The van der Waals surface area contributed by atoms with Crippen molar-refractivity contribution in [2.24, 2.45) is 0 Å². The summed E-state index contributed by atoms with van der Waals surface area (Å²) in [5.41, 5.74) is 3.16. The Kier molecular flexibility index (Phi) is 6.01. The van der Waals surface area contributed by atoms with E-state index in [9.17, 15) is 9.59 Å². The highest BCUT2D eigenvalue weighted by Gasteiger charge is 2.25. The van der Waals surface area contributed by atoms with E-state index in [0.29, 0.717) is 24.2 Å². The predicted molar refractivity (Wildman–Crippen MR) is 112 cm³/mol. The molecule has 4 rings (SSSR count). The largest absolute Gasteiger partial charge is 0.497 e. The number of benzene rings is 1. The lowest BCUT2D eigenvalue weighted by molar-refractivity contribution is -0.124. The van der Waals surface area contributed by atoms with Crippen molar-refractivity contribution in [3.63, 3.8) is 0 Å². The number of carbonyl (C=O) groups is 2. The molecule has 9 heteroatoms. The van der Waals surface area contributed by atoms with Crippen molar-refractivity contribution in [3.05, 3.63) is 64.7 Å². The van der Waals surface area contributed by atoms with Crippen molar-refractivity contribution in [2.75, 3.05) is 7.11 Å². The maximum absolute atomic E-state index is 13.1. The first kappa shape index (κ1) is 20.6. The Balaban J connectivity index is 1.51. The number of fused-ring (bicyclic) bond motifs is 1. The van der Waals surface area contributed by atoms with Gasteiger partial charge in [-0.25, -0.2) is 4.68 Å². The second-order valence-electron chi connectivity index (χ2n) is 7.53. The van der Waals surface area contributed by atoms with E-state index in [1.54, 1.807) is 20.1 Å². The molecule has 0 bridgehead atoms. The first-order chi connectivity index (χ1) is 15.0. The standard InChI is InChI=1S/C22H24N6O3/c1-14-25-26-27-28(14)20(12-15-5-3-6-17(11-15)31-2)22(30)23-13-16-9-10-18-19(24-16)7-4-8-21(18)29/h3,5-6,9-11,20H,4,7-8,12-13H2,1-2H3,(H,23,30)/t20-/m0/s1. The van der Waals surface area contributed by atoms with Gasteiger partial charge >= 0.3 is 0 Å². The van der Waals surface area contributed by atoms with Crippen LogP contribution in [0.2, 0.25) is 0 Å². The Bertz CT molecular complexity index is 1110. The summed E-state index contributed by atoms with van der Waals surface area (Å²) in [7, 11) is 1.61. The number of hydrogen-bond donors (Lipinski definition) is 1. The number of hydrogen-bond acceptors (Lipinski definition) is 7. The van der Waals surface area contributed by atoms with Crippen LogP contribution in [0.15, 0.2) is 36.4 Å². The van der Waals surface area contributed by atoms with Gasteiger partial charge in [-0.2, -0.15) is 0 Å². The van der Waals surface area contributed by atoms with Crippen LogP contribution in [-0.4, -0.2) is 44.0 Å². The van der Waals surface area contributed by atoms with Crippen LogP contribution in [0.25, 0.3) is 0 Å². The van der Waals surface area contributed by atoms with Gasteiger partial charge in [-0.3, -0.25) is 14.6 Å². The molecule has 9 nitrogen and oxygen atoms in total. The summed E-state index contributed by atoms with van der Waals surface area (Å²) in [6, 6.07) is 10.5. The third-order valence-electron chi connectivity index (χ3n) is 5.41. The molecule has 0 radical (unpaired) electrons. The Hall–Kier alpha value is -3.62. The number of nitrogens with zero attached hydrogens (tertiary/aromatic N) is 5. The highest BCUT2D eigenvalue weighted by molar-refractivity contribution is 5.97. The molecular weight excluding hydrogens is 396 g/mol. The smallest absolute Gasteiger partial charge is 0.245 e. The Morgan fingerprint density at radius 3 is 2.90 bits per heavy atom. The normalized spacial score (nSPS) is 14.1. The molecule has 0 unspecified atom stereocenters. The Morgan fingerprint density at radius 2 is 2.13 bits per heavy atom. The van der Waals surface area contributed by atoms with Crippen molar-refractivity contribution in [3.8, 4) is 5.75 Å². The SMILES string of the molecule is COc1cccc(C[C@@H](C(=O)NCc2ccc3c(n2)CCCC3=O)n2nnnc2C)c1. The van der Waals surface area contributed by atoms with Crippen molar-refractivity contribution in [2.45, 2.75) is 45.2 Å². The molecule has 0 aliphatic heterocycles. The Labute approximate surface area is 179 Å². The number of pyridine rings is 1. The first-order valence-electron chi connectivity index (χ1n) is 10.2. The Morgan fingerprint density at radius 1 is 1.26 bits per heavy atom. The van der Waals surface area contributed by atoms with Gasteiger partial charge in [0.15, 0.2) is 5.78 Å². The number of nitrogens with one attached hydrogen (secondary N) is 1. The number of ketones is 1. The van der Waals surface area contributed by atoms with Gasteiger partial charge in [0.25, 0.3) is 0 Å². The van der Waals surface area contributed by atoms with Crippen molar-refractivity contribution < 1.29 is 14.3 Å². The minimum Gasteiger partial charge on any atom is -0.497 e. The molecule has 1 aliphatic carbocycles. The molecule has 31 heavy (non-hydrogen) atoms. The molecule has 1 atom stereocenters. The zero-order valence-corrected chi connectivity index (χ0v) is 17.5. The number of methoxy groups -OCH3 is 1. The van der Waals surface area contributed by atoms with E-state index in [4.69, 9.17) is 4.74 Å². The molecule has 2 aromatic heterocycles. The minimum atomic E-state index is -0.624. The third kappa shape index (κ3) is 4.60. The zero-order chi connectivity index (χ0) is 21.8. The highest BCUT2D eigenvalue weighted by atomic mass is 16.5. The lowest BCUT2D eigenvalue weighted by Gasteiger charge is -2.18. The molecule has 0 fully saturated rings. The number of carbonyl (C=O) groups excluding carboxylic acids is 2. The number of amides is 1. The fraction of sp³-hybridized carbons (Fsp3) is 0.364. The van der Waals surface area contributed by atoms with Crippen molar-refractivity contribution in [1.82, 2.24) is 30.5 Å². The van der Waals surface area contributed by atoms with E-state index < -0.39 is 6.04 Å². The highest BCUT2D eigenvalue weighted by Crippen LogP contribution is 2.21. The van der Waals surface area contributed by atoms with E-state index in [1.807, 2.05) is 30.3 Å². The molecule has 160 valence electrons. The van der Waals surface area contributed by atoms with Crippen LogP contribution in [0.1, 0.15) is 52.0 Å². The molecule has 0 saturated carbocycles. The van der Waals surface area contributed by atoms with Gasteiger partial charge in [0.05, 0.1) is 25.0 Å². The number of aromatic nitrogens is 5. The topological polar surface area (TPSA) is 112 Å². The second kappa shape index (κ2) is 9.03. The van der Waals surface area contributed by atoms with Crippen molar-refractivity contribution >= 4 is 11.7 Å². The zero-order valence-electron chi connectivity index (χ0n) is 17.5. The summed E-state index contributed by atoms with van der Waals surface area (Å²) in [4.78, 5) is 29.7. The van der Waals surface area contributed by atoms with Crippen LogP contribution in [0.5, 0.6) is 5.75 Å². The summed E-state index contributed by atoms with van der Waals surface area (Å²) < 4.78 is 6.81. The van der Waals surface area contributed by atoms with Gasteiger partial charge in [0.2, 0.25) is 5.91 Å². The summed E-state index contributed by atoms with van der Waals surface area (Å²) in [5, 5.41) is 14.6. The fourth-order valence-electron chi connectivity index (χ4n) is 3.78. The van der Waals surface area contributed by atoms with Gasteiger partial charge in [-0.15, -0.1) is 5.10 Å². The van der Waals surface area contributed by atoms with Crippen LogP contribution in [0.4, 0.5) is 0 Å². The van der Waals surface area contributed by atoms with Gasteiger partial charge < -0.3 is 10.1 Å². The molecule has 0 spiro atoms. The average Bonchev–Trinajstić information content (AvgIpc) is 3.21. The molecule has 3 aromatic rings. The van der Waals surface area contributed by atoms with Gasteiger partial charge in [-0.1, -0.05) is 12.1 Å². The maximum Gasteiger partial charge on any atom is 0.245 e. The predicted octanol–water partition coefficient (Wildman–Crippen LogP) is 2.00. The second-order valence-corrected chi connectivity index (χ2v) is 7.53. The van der Waals surface area contributed by atoms with Gasteiger partial charge in [-0.05, 0) is 60.0 Å². The number of rotatable bonds is 7. The van der Waals surface area contributed by atoms with Crippen LogP contribution in [-0.2, 0) is 24.2 Å². The van der Waals surface area contributed by atoms with E-state index in [2.05, 4.69) is 25.8 Å². The molecule has 0 saturated heterocycles. The molecule has 1 N–H and O–H groups in total. The quantitative estimate of drug-likeness (QED) is 0.622. The maximum atomic E-state index is 13.1. The minimum absolute atomic E-state index is 0.136. The fourth-order valence-corrected chi connectivity index (χ4v) is 3.78. The van der Waals surface area contributed by atoms with E-state index in [1.165, 1.54) is 4.68 Å². The first-order valence-corrected chi connectivity index (χ1v) is 10.2. The lowest BCUT2D eigenvalue weighted by Crippen LogP contribution is -2.35. The van der Waals surface area contributed by atoms with Crippen LogP contribution >= 0.6 is 0 Å². The van der Waals surface area contributed by atoms with E-state index in [-0.39, 0.29) is 18.2 Å². The van der Waals surface area contributed by atoms with Gasteiger partial charge in [0.1, 0.15) is 17.6 Å². The van der Waals surface area contributed by atoms with Crippen LogP contribution < -0.4 is 10.1 Å². The molecule has 2 heterocycles. The molecular formula is C22H24N6O3. The monoisotopic (exact) mass is 420 g/mol. The molecule has 1 aromatic carbocycles. The van der Waals surface area contributed by atoms with Crippen LogP contribution in [0.3, 0.4) is 0 Å².